The largest absolute Gasteiger partial charge is 0.347 e. The first kappa shape index (κ1) is 9.94. The Labute approximate surface area is 93.1 Å². The highest BCUT2D eigenvalue weighted by Crippen LogP contribution is 2.24. The Kier molecular flexibility index (Phi) is 2.75. The molecule has 1 aromatic heterocycles. The molecule has 0 atom stereocenters. The highest BCUT2D eigenvalue weighted by Gasteiger charge is 2.04. The molecule has 0 saturated heterocycles. The van der Waals surface area contributed by atoms with Crippen molar-refractivity contribution in [3.8, 4) is 0 Å². The summed E-state index contributed by atoms with van der Waals surface area (Å²) < 4.78 is 2.21. The van der Waals surface area contributed by atoms with E-state index in [0.29, 0.717) is 0 Å². The molecule has 0 aliphatic rings. The van der Waals surface area contributed by atoms with Crippen LogP contribution in [0.5, 0.6) is 0 Å². The van der Waals surface area contributed by atoms with Crippen molar-refractivity contribution < 1.29 is 0 Å². The quantitative estimate of drug-likeness (QED) is 0.755. The summed E-state index contributed by atoms with van der Waals surface area (Å²) in [6, 6.07) is 8.25. The van der Waals surface area contributed by atoms with Gasteiger partial charge in [-0.3, -0.25) is 0 Å². The van der Waals surface area contributed by atoms with Crippen LogP contribution in [-0.2, 0) is 12.8 Å². The van der Waals surface area contributed by atoms with E-state index in [2.05, 4.69) is 30.0 Å². The van der Waals surface area contributed by atoms with E-state index < -0.39 is 0 Å². The Bertz CT molecular complexity index is 462. The number of rotatable bonds is 2. The van der Waals surface area contributed by atoms with Gasteiger partial charge in [0, 0.05) is 29.0 Å². The van der Waals surface area contributed by atoms with E-state index in [1.54, 1.807) is 0 Å². The van der Waals surface area contributed by atoms with E-state index in [1.807, 2.05) is 23.9 Å². The maximum absolute atomic E-state index is 5.96. The Balaban J connectivity index is 2.62. The van der Waals surface area contributed by atoms with Gasteiger partial charge in [0.25, 0.3) is 0 Å². The number of thioether (sulfide) groups is 1. The standard InChI is InChI=1S/C11H12ClNS/c1-13-10(7-14-2)5-8-3-4-9(12)6-11(8)13/h3-6H,7H2,1-2H3. The van der Waals surface area contributed by atoms with Crippen molar-refractivity contribution in [1.29, 1.82) is 0 Å². The van der Waals surface area contributed by atoms with E-state index in [9.17, 15) is 0 Å². The lowest BCUT2D eigenvalue weighted by molar-refractivity contribution is 0.910. The van der Waals surface area contributed by atoms with E-state index in [0.717, 1.165) is 10.8 Å². The molecule has 0 bridgehead atoms. The summed E-state index contributed by atoms with van der Waals surface area (Å²) in [4.78, 5) is 0. The summed E-state index contributed by atoms with van der Waals surface area (Å²) >= 11 is 7.79. The van der Waals surface area contributed by atoms with Crippen LogP contribution in [0.1, 0.15) is 5.69 Å². The molecule has 0 N–H and O–H groups in total. The van der Waals surface area contributed by atoms with Crippen molar-refractivity contribution in [3.63, 3.8) is 0 Å². The first-order chi connectivity index (χ1) is 6.72. The molecule has 0 unspecified atom stereocenters. The highest BCUT2D eigenvalue weighted by molar-refractivity contribution is 7.97. The van der Waals surface area contributed by atoms with Crippen LogP contribution in [0.25, 0.3) is 10.9 Å². The summed E-state index contributed by atoms with van der Waals surface area (Å²) in [5, 5.41) is 2.07. The molecule has 0 spiro atoms. The number of benzene rings is 1. The predicted molar refractivity (Wildman–Crippen MR) is 65.1 cm³/mol. The third kappa shape index (κ3) is 1.64. The fourth-order valence-corrected chi connectivity index (χ4v) is 2.39. The van der Waals surface area contributed by atoms with Crippen LogP contribution in [0, 0.1) is 0 Å². The van der Waals surface area contributed by atoms with Crippen LogP contribution >= 0.6 is 23.4 Å². The molecule has 14 heavy (non-hydrogen) atoms. The molecule has 1 aromatic carbocycles. The van der Waals surface area contributed by atoms with Gasteiger partial charge in [-0.1, -0.05) is 17.7 Å². The molecule has 2 rings (SSSR count). The normalized spacial score (nSPS) is 11.1. The van der Waals surface area contributed by atoms with Gasteiger partial charge in [-0.15, -0.1) is 0 Å². The zero-order valence-electron chi connectivity index (χ0n) is 8.25. The molecule has 0 aliphatic heterocycles. The van der Waals surface area contributed by atoms with Crippen LogP contribution in [-0.4, -0.2) is 10.8 Å². The molecule has 0 fully saturated rings. The Hall–Kier alpha value is -0.600. The van der Waals surface area contributed by atoms with E-state index >= 15 is 0 Å². The maximum Gasteiger partial charge on any atom is 0.0495 e. The first-order valence-corrected chi connectivity index (χ1v) is 6.22. The molecule has 3 heteroatoms. The molecular weight excluding hydrogens is 214 g/mol. The molecule has 1 heterocycles. The fraction of sp³-hybridized carbons (Fsp3) is 0.273. The Morgan fingerprint density at radius 2 is 2.14 bits per heavy atom. The van der Waals surface area contributed by atoms with Gasteiger partial charge in [0.15, 0.2) is 0 Å². The average Bonchev–Trinajstić information content (AvgIpc) is 2.46. The number of aryl methyl sites for hydroxylation is 1. The van der Waals surface area contributed by atoms with E-state index in [-0.39, 0.29) is 0 Å². The minimum atomic E-state index is 0.800. The van der Waals surface area contributed by atoms with E-state index in [4.69, 9.17) is 11.6 Å². The fourth-order valence-electron chi connectivity index (χ4n) is 1.65. The van der Waals surface area contributed by atoms with Crippen molar-refractivity contribution in [2.75, 3.05) is 6.26 Å². The van der Waals surface area contributed by atoms with Crippen LogP contribution in [0.15, 0.2) is 24.3 Å². The van der Waals surface area contributed by atoms with Gasteiger partial charge in [-0.05, 0) is 29.8 Å². The van der Waals surface area contributed by atoms with Crippen molar-refractivity contribution in [2.24, 2.45) is 7.05 Å². The molecule has 0 radical (unpaired) electrons. The number of fused-ring (bicyclic) bond motifs is 1. The molecular formula is C11H12ClNS. The lowest BCUT2D eigenvalue weighted by Crippen LogP contribution is -1.93. The van der Waals surface area contributed by atoms with Crippen LogP contribution < -0.4 is 0 Å². The zero-order chi connectivity index (χ0) is 10.1. The third-order valence-electron chi connectivity index (χ3n) is 2.40. The van der Waals surface area contributed by atoms with Gasteiger partial charge in [-0.25, -0.2) is 0 Å². The smallest absolute Gasteiger partial charge is 0.0495 e. The Morgan fingerprint density at radius 1 is 1.36 bits per heavy atom. The highest BCUT2D eigenvalue weighted by atomic mass is 35.5. The third-order valence-corrected chi connectivity index (χ3v) is 3.22. The SMILES string of the molecule is CSCc1cc2ccc(Cl)cc2n1C. The molecule has 1 nitrogen and oxygen atoms in total. The molecule has 74 valence electrons. The Morgan fingerprint density at radius 3 is 2.86 bits per heavy atom. The second-order valence-electron chi connectivity index (χ2n) is 3.33. The van der Waals surface area contributed by atoms with Crippen LogP contribution in [0.2, 0.25) is 5.02 Å². The van der Waals surface area contributed by atoms with Gasteiger partial charge in [0.1, 0.15) is 0 Å². The monoisotopic (exact) mass is 225 g/mol. The van der Waals surface area contributed by atoms with Gasteiger partial charge in [-0.2, -0.15) is 11.8 Å². The summed E-state index contributed by atoms with van der Waals surface area (Å²) in [6.45, 7) is 0. The number of nitrogens with zero attached hydrogens (tertiary/aromatic N) is 1. The average molecular weight is 226 g/mol. The zero-order valence-corrected chi connectivity index (χ0v) is 9.82. The first-order valence-electron chi connectivity index (χ1n) is 4.45. The topological polar surface area (TPSA) is 4.93 Å². The number of aromatic nitrogens is 1. The predicted octanol–water partition coefficient (Wildman–Crippen LogP) is 3.69. The van der Waals surface area contributed by atoms with Crippen LogP contribution in [0.3, 0.4) is 0 Å². The van der Waals surface area contributed by atoms with Gasteiger partial charge in [0.05, 0.1) is 0 Å². The van der Waals surface area contributed by atoms with Gasteiger partial charge < -0.3 is 4.57 Å². The maximum atomic E-state index is 5.96. The molecule has 2 aromatic rings. The van der Waals surface area contributed by atoms with Crippen molar-refractivity contribution in [1.82, 2.24) is 4.57 Å². The number of halogens is 1. The lowest BCUT2D eigenvalue weighted by Gasteiger charge is -2.01. The molecule has 0 saturated carbocycles. The molecule has 0 amide bonds. The number of hydrogen-bond acceptors (Lipinski definition) is 1. The van der Waals surface area contributed by atoms with Crippen molar-refractivity contribution >= 4 is 34.3 Å². The van der Waals surface area contributed by atoms with Crippen LogP contribution in [0.4, 0.5) is 0 Å². The second kappa shape index (κ2) is 3.87. The summed E-state index contributed by atoms with van der Waals surface area (Å²) in [5.41, 5.74) is 2.55. The van der Waals surface area contributed by atoms with Gasteiger partial charge >= 0.3 is 0 Å². The second-order valence-corrected chi connectivity index (χ2v) is 4.63. The lowest BCUT2D eigenvalue weighted by atomic mass is 10.2. The number of hydrogen-bond donors (Lipinski definition) is 0. The minimum Gasteiger partial charge on any atom is -0.347 e. The van der Waals surface area contributed by atoms with Gasteiger partial charge in [0.2, 0.25) is 0 Å². The van der Waals surface area contributed by atoms with Crippen molar-refractivity contribution in [3.05, 3.63) is 35.0 Å². The summed E-state index contributed by atoms with van der Waals surface area (Å²) in [5.74, 6) is 1.04. The molecule has 0 aliphatic carbocycles. The summed E-state index contributed by atoms with van der Waals surface area (Å²) in [6.07, 6.45) is 2.12. The van der Waals surface area contributed by atoms with Crippen molar-refractivity contribution in [2.45, 2.75) is 5.75 Å². The minimum absolute atomic E-state index is 0.800. The summed E-state index contributed by atoms with van der Waals surface area (Å²) in [7, 11) is 2.09. The van der Waals surface area contributed by atoms with E-state index in [1.165, 1.54) is 16.6 Å².